The fourth-order valence-electron chi connectivity index (χ4n) is 6.08. The fourth-order valence-corrected chi connectivity index (χ4v) is 7.67. The first-order chi connectivity index (χ1) is 25.0. The molecule has 0 saturated carbocycles. The van der Waals surface area contributed by atoms with Gasteiger partial charge in [-0.3, -0.25) is 0 Å². The molecule has 0 bridgehead atoms. The molecule has 0 amide bonds. The summed E-state index contributed by atoms with van der Waals surface area (Å²) in [5.74, 6) is -0.0879. The van der Waals surface area contributed by atoms with Crippen LogP contribution in [0, 0.1) is 24.9 Å². The van der Waals surface area contributed by atoms with Crippen LogP contribution in [0.3, 0.4) is 0 Å². The maximum absolute atomic E-state index is 8.28. The Morgan fingerprint density at radius 1 is 0.760 bits per heavy atom. The minimum atomic E-state index is -2.09. The van der Waals surface area contributed by atoms with Crippen LogP contribution in [0.2, 0.25) is 19.6 Å². The number of pyridine rings is 2. The van der Waals surface area contributed by atoms with Crippen LogP contribution in [0.15, 0.2) is 114 Å². The van der Waals surface area contributed by atoms with Gasteiger partial charge in [0.1, 0.15) is 5.58 Å². The molecule has 0 aliphatic carbocycles. The Morgan fingerprint density at radius 3 is 2.20 bits per heavy atom. The van der Waals surface area contributed by atoms with E-state index in [-0.39, 0.29) is 20.1 Å². The first-order valence-corrected chi connectivity index (χ1v) is 20.4. The van der Waals surface area contributed by atoms with Gasteiger partial charge in [0.05, 0.1) is 13.7 Å². The predicted molar refractivity (Wildman–Crippen MR) is 210 cm³/mol. The Balaban J connectivity index is 0.000000208. The number of aromatic nitrogens is 2. The zero-order valence-corrected chi connectivity index (χ0v) is 33.2. The summed E-state index contributed by atoms with van der Waals surface area (Å²) >= 11 is 0. The van der Waals surface area contributed by atoms with Gasteiger partial charge in [0.2, 0.25) is 0 Å². The molecule has 0 N–H and O–H groups in total. The standard InChI is InChI=1S/C26H20NO.C19H26NSi.Ir/c1-17(2)19-12-13-27-24(15-19)21-9-11-25-23(14-21)22-10-8-20(16-26(22)28-25)18-6-4-3-5-7-18;1-14(2)11-17-12-18(16-9-7-15(3)8-10-16)20-13-19(17)21(4,5)6;/h3-8,10-17H,1-2H3;7-9,12-14H,11H2,1-6H3;/q2*-1;/i17D;3D3;. The summed E-state index contributed by atoms with van der Waals surface area (Å²) < 4.78 is 36.8. The number of hydrogen-bond acceptors (Lipinski definition) is 3. The predicted octanol–water partition coefficient (Wildman–Crippen LogP) is 11.8. The van der Waals surface area contributed by atoms with Crippen molar-refractivity contribution < 1.29 is 30.0 Å². The maximum Gasteiger partial charge on any atom is 0.121 e. The second kappa shape index (κ2) is 15.8. The van der Waals surface area contributed by atoms with Crippen LogP contribution < -0.4 is 5.19 Å². The molecule has 3 heterocycles. The van der Waals surface area contributed by atoms with Crippen molar-refractivity contribution in [2.24, 2.45) is 5.92 Å². The van der Waals surface area contributed by atoms with Crippen LogP contribution >= 0.6 is 0 Å². The quantitative estimate of drug-likeness (QED) is 0.118. The van der Waals surface area contributed by atoms with Crippen LogP contribution in [-0.4, -0.2) is 18.0 Å². The monoisotopic (exact) mass is 855 g/mol. The molecule has 0 aliphatic heterocycles. The van der Waals surface area contributed by atoms with E-state index in [2.05, 4.69) is 98.1 Å². The van der Waals surface area contributed by atoms with Gasteiger partial charge in [-0.15, -0.1) is 59.2 Å². The van der Waals surface area contributed by atoms with E-state index in [1.807, 2.05) is 56.4 Å². The van der Waals surface area contributed by atoms with Crippen molar-refractivity contribution in [3.8, 4) is 33.6 Å². The average Bonchev–Trinajstić information content (AvgIpc) is 3.48. The van der Waals surface area contributed by atoms with Crippen molar-refractivity contribution in [3.63, 3.8) is 0 Å². The summed E-state index contributed by atoms with van der Waals surface area (Å²) in [5, 5.41) is 3.52. The van der Waals surface area contributed by atoms with Crippen molar-refractivity contribution in [1.29, 1.82) is 0 Å². The van der Waals surface area contributed by atoms with Gasteiger partial charge < -0.3 is 14.4 Å². The molecule has 3 nitrogen and oxygen atoms in total. The van der Waals surface area contributed by atoms with Gasteiger partial charge in [-0.2, -0.15) is 0 Å². The zero-order chi connectivity index (χ0) is 38.1. The second-order valence-electron chi connectivity index (χ2n) is 14.3. The van der Waals surface area contributed by atoms with E-state index >= 15 is 0 Å². The molecule has 1 radical (unpaired) electrons. The number of aryl methyl sites for hydroxylation is 1. The molecule has 0 saturated heterocycles. The number of rotatable bonds is 7. The van der Waals surface area contributed by atoms with E-state index < -0.39 is 20.8 Å². The summed E-state index contributed by atoms with van der Waals surface area (Å²) in [7, 11) is -1.45. The first kappa shape index (κ1) is 31.8. The topological polar surface area (TPSA) is 38.9 Å². The van der Waals surface area contributed by atoms with E-state index in [1.54, 1.807) is 24.4 Å². The Morgan fingerprint density at radius 2 is 1.52 bits per heavy atom. The number of hydrogen-bond donors (Lipinski definition) is 0. The van der Waals surface area contributed by atoms with Crippen molar-refractivity contribution in [2.75, 3.05) is 0 Å². The summed E-state index contributed by atoms with van der Waals surface area (Å²) in [6.07, 6.45) is 4.81. The van der Waals surface area contributed by atoms with Gasteiger partial charge in [0.15, 0.2) is 0 Å². The molecule has 0 fully saturated rings. The summed E-state index contributed by atoms with van der Waals surface area (Å²) in [6, 6.07) is 38.0. The van der Waals surface area contributed by atoms with Crippen molar-refractivity contribution in [3.05, 3.63) is 138 Å². The second-order valence-corrected chi connectivity index (χ2v) is 19.3. The molecule has 0 unspecified atom stereocenters. The molecule has 4 aromatic carbocycles. The third-order valence-corrected chi connectivity index (χ3v) is 10.7. The van der Waals surface area contributed by atoms with Crippen molar-refractivity contribution >= 4 is 35.2 Å². The van der Waals surface area contributed by atoms with Gasteiger partial charge in [-0.25, -0.2) is 0 Å². The van der Waals surface area contributed by atoms with Crippen LogP contribution in [-0.2, 0) is 26.5 Å². The third kappa shape index (κ3) is 8.58. The minimum Gasteiger partial charge on any atom is -0.500 e. The first-order valence-electron chi connectivity index (χ1n) is 18.9. The third-order valence-electron chi connectivity index (χ3n) is 8.64. The minimum absolute atomic E-state index is 0. The van der Waals surface area contributed by atoms with E-state index in [9.17, 15) is 0 Å². The summed E-state index contributed by atoms with van der Waals surface area (Å²) in [6.45, 7) is 13.1. The molecule has 7 rings (SSSR count). The molecule has 0 aliphatic rings. The van der Waals surface area contributed by atoms with Gasteiger partial charge in [-0.05, 0) is 58.1 Å². The van der Waals surface area contributed by atoms with Crippen LogP contribution in [0.4, 0.5) is 0 Å². The van der Waals surface area contributed by atoms with Crippen LogP contribution in [0.5, 0.6) is 0 Å². The van der Waals surface area contributed by atoms with E-state index in [0.717, 1.165) is 62.0 Å². The smallest absolute Gasteiger partial charge is 0.121 e. The van der Waals surface area contributed by atoms with E-state index in [4.69, 9.17) is 9.90 Å². The van der Waals surface area contributed by atoms with E-state index in [1.165, 1.54) is 16.3 Å². The largest absolute Gasteiger partial charge is 0.500 e. The number of fused-ring (bicyclic) bond motifs is 3. The fraction of sp³-hybridized carbons (Fsp3) is 0.244. The summed E-state index contributed by atoms with van der Waals surface area (Å²) in [4.78, 5) is 9.14. The SMILES string of the molecule is [2H]C(C)(C)c1ccnc(-c2[c-]cc3oc4cc(-c5ccccc5)ccc4c3c2)c1.[2H]C([2H])([2H])c1c[c-]c(-c2cc(CC(C)C)c([Si](C)(C)C)cn2)cc1.[Ir]. The van der Waals surface area contributed by atoms with Gasteiger partial charge in [0.25, 0.3) is 0 Å². The number of furan rings is 1. The van der Waals surface area contributed by atoms with E-state index in [0.29, 0.717) is 11.5 Å². The van der Waals surface area contributed by atoms with Gasteiger partial charge >= 0.3 is 0 Å². The van der Waals surface area contributed by atoms with Gasteiger partial charge in [-0.1, -0.05) is 125 Å². The maximum atomic E-state index is 8.28. The molecular formula is C45H46IrN2OSi-2. The molecule has 0 spiro atoms. The molecule has 3 aromatic heterocycles. The number of benzene rings is 4. The Bertz CT molecular complexity index is 2360. The molecule has 257 valence electrons. The normalized spacial score (nSPS) is 13.1. The molecule has 7 aromatic rings. The van der Waals surface area contributed by atoms with Crippen LogP contribution in [0.25, 0.3) is 55.6 Å². The number of nitrogens with zero attached hydrogens (tertiary/aromatic N) is 2. The zero-order valence-electron chi connectivity index (χ0n) is 33.8. The molecule has 5 heteroatoms. The Kier molecular flexibility index (Phi) is 10.1. The molecule has 0 atom stereocenters. The Hall–Kier alpha value is -4.15. The molecular weight excluding hydrogens is 805 g/mol. The Labute approximate surface area is 318 Å². The molecule has 50 heavy (non-hydrogen) atoms. The van der Waals surface area contributed by atoms with Crippen molar-refractivity contribution in [1.82, 2.24) is 9.97 Å². The van der Waals surface area contributed by atoms with Crippen molar-refractivity contribution in [2.45, 2.75) is 66.5 Å². The van der Waals surface area contributed by atoms with Crippen LogP contribution in [0.1, 0.15) is 55.8 Å². The summed E-state index contributed by atoms with van der Waals surface area (Å²) in [5.41, 5.74) is 10.0. The average molecular weight is 855 g/mol. The van der Waals surface area contributed by atoms with Gasteiger partial charge in [0, 0.05) is 43.4 Å².